The number of aromatic nitrogens is 3. The van der Waals surface area contributed by atoms with Gasteiger partial charge in [0.05, 0.1) is 17.7 Å². The first-order valence-corrected chi connectivity index (χ1v) is 6.74. The summed E-state index contributed by atoms with van der Waals surface area (Å²) in [6.07, 6.45) is 0. The number of esters is 1. The molecule has 106 valence electrons. The number of fused-ring (bicyclic) bond motifs is 1. The summed E-state index contributed by atoms with van der Waals surface area (Å²) in [5.74, 6) is -1.74. The zero-order chi connectivity index (χ0) is 15.0. The molecule has 0 aliphatic carbocycles. The van der Waals surface area contributed by atoms with Crippen LogP contribution < -0.4 is 0 Å². The van der Waals surface area contributed by atoms with Crippen LogP contribution >= 0.6 is 11.3 Å². The van der Waals surface area contributed by atoms with E-state index in [1.54, 1.807) is 0 Å². The predicted molar refractivity (Wildman–Crippen MR) is 74.6 cm³/mol. The molecule has 0 saturated heterocycles. The van der Waals surface area contributed by atoms with E-state index in [1.807, 2.05) is 17.5 Å². The summed E-state index contributed by atoms with van der Waals surface area (Å²) in [7, 11) is 1.26. The standard InChI is InChI=1S/C13H9N3O4S/c1-20-13(19)8-5-9(10-3-2-4-21-10)16-11(14-8)6-7(15-16)12(17)18/h2-6H,1H3,(H,17,18). The second kappa shape index (κ2) is 4.98. The smallest absolute Gasteiger partial charge is 0.356 e. The lowest BCUT2D eigenvalue weighted by Gasteiger charge is -2.05. The van der Waals surface area contributed by atoms with Crippen molar-refractivity contribution in [3.8, 4) is 10.6 Å². The molecular formula is C13H9N3O4S. The van der Waals surface area contributed by atoms with E-state index in [2.05, 4.69) is 14.8 Å². The number of aromatic carboxylic acids is 1. The van der Waals surface area contributed by atoms with E-state index in [0.717, 1.165) is 4.88 Å². The van der Waals surface area contributed by atoms with Gasteiger partial charge in [0.25, 0.3) is 0 Å². The van der Waals surface area contributed by atoms with Crippen molar-refractivity contribution in [1.29, 1.82) is 0 Å². The highest BCUT2D eigenvalue weighted by molar-refractivity contribution is 7.13. The third-order valence-electron chi connectivity index (χ3n) is 2.81. The molecule has 0 aliphatic heterocycles. The van der Waals surface area contributed by atoms with Gasteiger partial charge in [-0.15, -0.1) is 11.3 Å². The van der Waals surface area contributed by atoms with Crippen molar-refractivity contribution in [2.24, 2.45) is 0 Å². The Bertz CT molecular complexity index is 839. The predicted octanol–water partition coefficient (Wildman–Crippen LogP) is 1.94. The van der Waals surface area contributed by atoms with Crippen LogP contribution in [-0.4, -0.2) is 38.8 Å². The molecule has 3 aromatic rings. The van der Waals surface area contributed by atoms with E-state index in [0.29, 0.717) is 5.69 Å². The maximum absolute atomic E-state index is 11.7. The highest BCUT2D eigenvalue weighted by Gasteiger charge is 2.18. The van der Waals surface area contributed by atoms with E-state index in [-0.39, 0.29) is 17.0 Å². The fourth-order valence-corrected chi connectivity index (χ4v) is 2.61. The molecule has 0 aliphatic rings. The van der Waals surface area contributed by atoms with Crippen LogP contribution in [0.4, 0.5) is 0 Å². The van der Waals surface area contributed by atoms with Gasteiger partial charge in [-0.05, 0) is 17.5 Å². The number of nitrogens with zero attached hydrogens (tertiary/aromatic N) is 3. The molecule has 8 heteroatoms. The topological polar surface area (TPSA) is 93.8 Å². The summed E-state index contributed by atoms with van der Waals surface area (Å²) in [5.41, 5.74) is 0.828. The van der Waals surface area contributed by atoms with Crippen LogP contribution in [0.2, 0.25) is 0 Å². The van der Waals surface area contributed by atoms with Crippen molar-refractivity contribution in [3.63, 3.8) is 0 Å². The molecule has 1 N–H and O–H groups in total. The van der Waals surface area contributed by atoms with Crippen molar-refractivity contribution in [2.75, 3.05) is 7.11 Å². The Morgan fingerprint density at radius 1 is 1.33 bits per heavy atom. The molecular weight excluding hydrogens is 294 g/mol. The highest BCUT2D eigenvalue weighted by Crippen LogP contribution is 2.26. The molecule has 0 spiro atoms. The average Bonchev–Trinajstić information content (AvgIpc) is 3.13. The number of methoxy groups -OCH3 is 1. The van der Waals surface area contributed by atoms with Crippen molar-refractivity contribution in [1.82, 2.24) is 14.6 Å². The minimum absolute atomic E-state index is 0.102. The Morgan fingerprint density at radius 2 is 2.14 bits per heavy atom. The molecule has 0 saturated carbocycles. The van der Waals surface area contributed by atoms with Gasteiger partial charge in [0.15, 0.2) is 17.0 Å². The largest absolute Gasteiger partial charge is 0.476 e. The van der Waals surface area contributed by atoms with Crippen LogP contribution in [0.15, 0.2) is 29.6 Å². The number of carboxylic acids is 1. The Labute approximate surface area is 122 Å². The zero-order valence-electron chi connectivity index (χ0n) is 10.8. The van der Waals surface area contributed by atoms with Gasteiger partial charge >= 0.3 is 11.9 Å². The number of thiophene rings is 1. The van der Waals surface area contributed by atoms with Crippen LogP contribution in [0.5, 0.6) is 0 Å². The first-order valence-electron chi connectivity index (χ1n) is 5.86. The normalized spacial score (nSPS) is 10.7. The minimum atomic E-state index is -1.16. The Morgan fingerprint density at radius 3 is 2.76 bits per heavy atom. The van der Waals surface area contributed by atoms with E-state index in [4.69, 9.17) is 5.11 Å². The highest BCUT2D eigenvalue weighted by atomic mass is 32.1. The Balaban J connectivity index is 2.31. The van der Waals surface area contributed by atoms with Gasteiger partial charge in [0.1, 0.15) is 0 Å². The molecule has 0 unspecified atom stereocenters. The number of rotatable bonds is 3. The number of hydrogen-bond donors (Lipinski definition) is 1. The van der Waals surface area contributed by atoms with Crippen molar-refractivity contribution >= 4 is 28.9 Å². The van der Waals surface area contributed by atoms with Crippen molar-refractivity contribution < 1.29 is 19.4 Å². The van der Waals surface area contributed by atoms with Crippen LogP contribution in [-0.2, 0) is 4.74 Å². The fraction of sp³-hybridized carbons (Fsp3) is 0.0769. The number of carbonyl (C=O) groups excluding carboxylic acids is 1. The van der Waals surface area contributed by atoms with Gasteiger partial charge in [-0.1, -0.05) is 6.07 Å². The van der Waals surface area contributed by atoms with Crippen molar-refractivity contribution in [2.45, 2.75) is 0 Å². The second-order valence-electron chi connectivity index (χ2n) is 4.10. The molecule has 21 heavy (non-hydrogen) atoms. The van der Waals surface area contributed by atoms with Gasteiger partial charge < -0.3 is 9.84 Å². The lowest BCUT2D eigenvalue weighted by molar-refractivity contribution is 0.0593. The number of ether oxygens (including phenoxy) is 1. The summed E-state index contributed by atoms with van der Waals surface area (Å²) in [6, 6.07) is 6.55. The lowest BCUT2D eigenvalue weighted by Crippen LogP contribution is -2.07. The minimum Gasteiger partial charge on any atom is -0.476 e. The molecule has 3 aromatic heterocycles. The fourth-order valence-electron chi connectivity index (χ4n) is 1.89. The summed E-state index contributed by atoms with van der Waals surface area (Å²) in [4.78, 5) is 27.7. The van der Waals surface area contributed by atoms with E-state index in [1.165, 1.54) is 35.1 Å². The van der Waals surface area contributed by atoms with Crippen LogP contribution in [0.25, 0.3) is 16.2 Å². The quantitative estimate of drug-likeness (QED) is 0.743. The SMILES string of the molecule is COC(=O)c1cc(-c2cccs2)n2nc(C(=O)O)cc2n1. The van der Waals surface area contributed by atoms with E-state index < -0.39 is 11.9 Å². The monoisotopic (exact) mass is 303 g/mol. The van der Waals surface area contributed by atoms with E-state index in [9.17, 15) is 9.59 Å². The molecule has 3 rings (SSSR count). The van der Waals surface area contributed by atoms with Gasteiger partial charge in [-0.25, -0.2) is 19.1 Å². The third kappa shape index (κ3) is 2.25. The Kier molecular flexibility index (Phi) is 3.15. The van der Waals surface area contributed by atoms with Crippen molar-refractivity contribution in [3.05, 3.63) is 41.0 Å². The number of carbonyl (C=O) groups is 2. The average molecular weight is 303 g/mol. The molecule has 0 radical (unpaired) electrons. The molecule has 7 nitrogen and oxygen atoms in total. The van der Waals surface area contributed by atoms with E-state index >= 15 is 0 Å². The summed E-state index contributed by atoms with van der Waals surface area (Å²) in [6.45, 7) is 0. The Hall–Kier alpha value is -2.74. The second-order valence-corrected chi connectivity index (χ2v) is 5.05. The van der Waals surface area contributed by atoms with Crippen LogP contribution in [0, 0.1) is 0 Å². The molecule has 0 atom stereocenters. The molecule has 0 aromatic carbocycles. The van der Waals surface area contributed by atoms with Crippen LogP contribution in [0.3, 0.4) is 0 Å². The number of hydrogen-bond acceptors (Lipinski definition) is 6. The first-order chi connectivity index (χ1) is 10.1. The summed E-state index contributed by atoms with van der Waals surface area (Å²) >= 11 is 1.45. The molecule has 0 bridgehead atoms. The van der Waals surface area contributed by atoms with Crippen LogP contribution in [0.1, 0.15) is 21.0 Å². The summed E-state index contributed by atoms with van der Waals surface area (Å²) < 4.78 is 6.07. The van der Waals surface area contributed by atoms with Gasteiger partial charge in [-0.2, -0.15) is 5.10 Å². The van der Waals surface area contributed by atoms with Gasteiger partial charge in [0.2, 0.25) is 0 Å². The molecule has 3 heterocycles. The molecule has 0 fully saturated rings. The zero-order valence-corrected chi connectivity index (χ0v) is 11.6. The summed E-state index contributed by atoms with van der Waals surface area (Å²) in [5, 5.41) is 14.9. The maximum Gasteiger partial charge on any atom is 0.356 e. The van der Waals surface area contributed by atoms with Gasteiger partial charge in [0, 0.05) is 6.07 Å². The van der Waals surface area contributed by atoms with Gasteiger partial charge in [-0.3, -0.25) is 0 Å². The maximum atomic E-state index is 11.7. The lowest BCUT2D eigenvalue weighted by atomic mass is 10.2. The number of carboxylic acid groups (broad SMARTS) is 1. The molecule has 0 amide bonds. The first kappa shape index (κ1) is 13.3. The third-order valence-corrected chi connectivity index (χ3v) is 3.71.